The standard InChI is InChI=1S/C24H16FN3OS2/c1-14-21(31-23(26-14)16-8-10-19(25)11-9-16)22(29)28-24-27-20(13-30-24)18-7-6-15-4-2-3-5-17(15)12-18/h2-13H,1H3,(H,27,28,29). The van der Waals surface area contributed by atoms with Crippen molar-refractivity contribution in [3.05, 3.63) is 88.5 Å². The second kappa shape index (κ2) is 8.02. The summed E-state index contributed by atoms with van der Waals surface area (Å²) in [4.78, 5) is 22.4. The Morgan fingerprint density at radius 3 is 2.48 bits per heavy atom. The number of thiazole rings is 2. The number of rotatable bonds is 4. The molecule has 4 nitrogen and oxygen atoms in total. The first-order valence-corrected chi connectivity index (χ1v) is 11.3. The second-order valence-corrected chi connectivity index (χ2v) is 8.85. The fourth-order valence-electron chi connectivity index (χ4n) is 3.29. The van der Waals surface area contributed by atoms with Crippen LogP contribution in [0.5, 0.6) is 0 Å². The van der Waals surface area contributed by atoms with Gasteiger partial charge in [0.2, 0.25) is 0 Å². The number of anilines is 1. The van der Waals surface area contributed by atoms with Gasteiger partial charge in [0.25, 0.3) is 5.91 Å². The Bertz CT molecular complexity index is 1410. The normalized spacial score (nSPS) is 11.0. The topological polar surface area (TPSA) is 54.9 Å². The van der Waals surface area contributed by atoms with Gasteiger partial charge in [-0.1, -0.05) is 36.4 Å². The van der Waals surface area contributed by atoms with Crippen LogP contribution >= 0.6 is 22.7 Å². The van der Waals surface area contributed by atoms with Crippen LogP contribution in [0.1, 0.15) is 15.4 Å². The number of fused-ring (bicyclic) bond motifs is 1. The van der Waals surface area contributed by atoms with Gasteiger partial charge in [-0.3, -0.25) is 10.1 Å². The largest absolute Gasteiger partial charge is 0.297 e. The Labute approximate surface area is 186 Å². The Hall–Kier alpha value is -3.42. The van der Waals surface area contributed by atoms with Crippen molar-refractivity contribution in [1.82, 2.24) is 9.97 Å². The molecule has 0 spiro atoms. The molecule has 1 N–H and O–H groups in total. The van der Waals surface area contributed by atoms with Crippen LogP contribution in [0.25, 0.3) is 32.6 Å². The van der Waals surface area contributed by atoms with Crippen LogP contribution in [0.4, 0.5) is 9.52 Å². The zero-order valence-electron chi connectivity index (χ0n) is 16.4. The molecular formula is C24H16FN3OS2. The molecule has 2 heterocycles. The van der Waals surface area contributed by atoms with Gasteiger partial charge in [-0.15, -0.1) is 22.7 Å². The molecule has 31 heavy (non-hydrogen) atoms. The molecule has 0 saturated carbocycles. The number of benzene rings is 3. The van der Waals surface area contributed by atoms with E-state index in [1.165, 1.54) is 40.2 Å². The van der Waals surface area contributed by atoms with Gasteiger partial charge in [-0.25, -0.2) is 14.4 Å². The second-order valence-electron chi connectivity index (χ2n) is 6.99. The summed E-state index contributed by atoms with van der Waals surface area (Å²) in [7, 11) is 0. The van der Waals surface area contributed by atoms with E-state index in [9.17, 15) is 9.18 Å². The third-order valence-corrected chi connectivity index (χ3v) is 6.83. The first-order valence-electron chi connectivity index (χ1n) is 9.56. The van der Waals surface area contributed by atoms with Crippen LogP contribution in [0.3, 0.4) is 0 Å². The van der Waals surface area contributed by atoms with Crippen molar-refractivity contribution < 1.29 is 9.18 Å². The molecule has 0 saturated heterocycles. The SMILES string of the molecule is Cc1nc(-c2ccc(F)cc2)sc1C(=O)Nc1nc(-c2ccc3ccccc3c2)cs1. The lowest BCUT2D eigenvalue weighted by atomic mass is 10.1. The molecule has 0 fully saturated rings. The van der Waals surface area contributed by atoms with Gasteiger partial charge in [-0.05, 0) is 48.0 Å². The number of aromatic nitrogens is 2. The fourth-order valence-corrected chi connectivity index (χ4v) is 4.97. The average molecular weight is 446 g/mol. The first kappa shape index (κ1) is 19.5. The van der Waals surface area contributed by atoms with E-state index >= 15 is 0 Å². The van der Waals surface area contributed by atoms with Gasteiger partial charge in [0.15, 0.2) is 5.13 Å². The number of hydrogen-bond acceptors (Lipinski definition) is 5. The highest BCUT2D eigenvalue weighted by molar-refractivity contribution is 7.17. The monoisotopic (exact) mass is 445 g/mol. The first-order chi connectivity index (χ1) is 15.1. The van der Waals surface area contributed by atoms with E-state index in [0.717, 1.165) is 22.2 Å². The van der Waals surface area contributed by atoms with Crippen LogP contribution in [0, 0.1) is 12.7 Å². The Morgan fingerprint density at radius 1 is 0.935 bits per heavy atom. The summed E-state index contributed by atoms with van der Waals surface area (Å²) in [5.41, 5.74) is 3.23. The number of halogens is 1. The van der Waals surface area contributed by atoms with E-state index in [4.69, 9.17) is 0 Å². The summed E-state index contributed by atoms with van der Waals surface area (Å²) >= 11 is 2.66. The fraction of sp³-hybridized carbons (Fsp3) is 0.0417. The molecule has 7 heteroatoms. The quantitative estimate of drug-likeness (QED) is 0.331. The van der Waals surface area contributed by atoms with E-state index in [1.807, 2.05) is 23.6 Å². The van der Waals surface area contributed by atoms with Crippen molar-refractivity contribution in [3.8, 4) is 21.8 Å². The lowest BCUT2D eigenvalue weighted by Gasteiger charge is -2.01. The number of nitrogens with zero attached hydrogens (tertiary/aromatic N) is 2. The molecule has 0 unspecified atom stereocenters. The van der Waals surface area contributed by atoms with Crippen molar-refractivity contribution in [2.75, 3.05) is 5.32 Å². The zero-order chi connectivity index (χ0) is 21.4. The smallest absolute Gasteiger partial charge is 0.269 e. The summed E-state index contributed by atoms with van der Waals surface area (Å²) in [5, 5.41) is 8.34. The maximum absolute atomic E-state index is 13.2. The average Bonchev–Trinajstić information content (AvgIpc) is 3.40. The summed E-state index contributed by atoms with van der Waals surface area (Å²) in [6, 6.07) is 20.5. The third kappa shape index (κ3) is 3.97. The Balaban J connectivity index is 1.36. The molecule has 0 aliphatic rings. The highest BCUT2D eigenvalue weighted by atomic mass is 32.1. The van der Waals surface area contributed by atoms with E-state index in [2.05, 4.69) is 39.6 Å². The molecule has 3 aromatic carbocycles. The van der Waals surface area contributed by atoms with Gasteiger partial charge in [0.1, 0.15) is 15.7 Å². The molecule has 1 amide bonds. The molecular weight excluding hydrogens is 429 g/mol. The number of hydrogen-bond donors (Lipinski definition) is 1. The van der Waals surface area contributed by atoms with Crippen molar-refractivity contribution in [1.29, 1.82) is 0 Å². The maximum atomic E-state index is 13.2. The van der Waals surface area contributed by atoms with Crippen LogP contribution in [-0.2, 0) is 0 Å². The number of amides is 1. The Kier molecular flexibility index (Phi) is 5.05. The molecule has 0 aliphatic heterocycles. The third-order valence-electron chi connectivity index (χ3n) is 4.86. The van der Waals surface area contributed by atoms with Gasteiger partial charge >= 0.3 is 0 Å². The van der Waals surface area contributed by atoms with Crippen LogP contribution in [0.2, 0.25) is 0 Å². The van der Waals surface area contributed by atoms with E-state index in [0.29, 0.717) is 20.7 Å². The molecule has 0 bridgehead atoms. The minimum Gasteiger partial charge on any atom is -0.297 e. The number of nitrogens with one attached hydrogen (secondary N) is 1. The summed E-state index contributed by atoms with van der Waals surface area (Å²) in [6.07, 6.45) is 0. The van der Waals surface area contributed by atoms with Crippen LogP contribution in [-0.4, -0.2) is 15.9 Å². The molecule has 2 aromatic heterocycles. The van der Waals surface area contributed by atoms with E-state index in [-0.39, 0.29) is 11.7 Å². The van der Waals surface area contributed by atoms with Gasteiger partial charge in [0, 0.05) is 16.5 Å². The number of carbonyl (C=O) groups is 1. The van der Waals surface area contributed by atoms with Gasteiger partial charge in [0.05, 0.1) is 11.4 Å². The summed E-state index contributed by atoms with van der Waals surface area (Å²) < 4.78 is 13.2. The highest BCUT2D eigenvalue weighted by Gasteiger charge is 2.18. The predicted molar refractivity (Wildman–Crippen MR) is 125 cm³/mol. The number of carbonyl (C=O) groups excluding carboxylic acids is 1. The molecule has 0 atom stereocenters. The molecule has 5 aromatic rings. The Morgan fingerprint density at radius 2 is 1.68 bits per heavy atom. The highest BCUT2D eigenvalue weighted by Crippen LogP contribution is 2.31. The van der Waals surface area contributed by atoms with Crippen molar-refractivity contribution >= 4 is 44.5 Å². The summed E-state index contributed by atoms with van der Waals surface area (Å²) in [5.74, 6) is -0.552. The van der Waals surface area contributed by atoms with Crippen LogP contribution < -0.4 is 5.32 Å². The van der Waals surface area contributed by atoms with Crippen molar-refractivity contribution in [3.63, 3.8) is 0 Å². The minimum absolute atomic E-state index is 0.247. The van der Waals surface area contributed by atoms with E-state index < -0.39 is 0 Å². The zero-order valence-corrected chi connectivity index (χ0v) is 18.1. The maximum Gasteiger partial charge on any atom is 0.269 e. The predicted octanol–water partition coefficient (Wildman–Crippen LogP) is 6.79. The minimum atomic E-state index is -0.305. The van der Waals surface area contributed by atoms with Crippen LogP contribution in [0.15, 0.2) is 72.1 Å². The van der Waals surface area contributed by atoms with Crippen molar-refractivity contribution in [2.24, 2.45) is 0 Å². The molecule has 0 aliphatic carbocycles. The van der Waals surface area contributed by atoms with Gasteiger partial charge < -0.3 is 0 Å². The summed E-state index contributed by atoms with van der Waals surface area (Å²) in [6.45, 7) is 1.79. The van der Waals surface area contributed by atoms with Gasteiger partial charge in [-0.2, -0.15) is 0 Å². The van der Waals surface area contributed by atoms with Crippen molar-refractivity contribution in [2.45, 2.75) is 6.92 Å². The molecule has 152 valence electrons. The molecule has 0 radical (unpaired) electrons. The number of aryl methyl sites for hydroxylation is 1. The lowest BCUT2D eigenvalue weighted by Crippen LogP contribution is -2.11. The molecule has 5 rings (SSSR count). The lowest BCUT2D eigenvalue weighted by molar-refractivity contribution is 0.103. The van der Waals surface area contributed by atoms with E-state index in [1.54, 1.807) is 19.1 Å².